The minimum Gasteiger partial charge on any atom is -0.355 e. The molecule has 0 bridgehead atoms. The first kappa shape index (κ1) is 14.4. The number of nitrogens with one attached hydrogen (secondary N) is 1. The number of anilines is 1. The number of nitrogens with zero attached hydrogens (tertiary/aromatic N) is 4. The van der Waals surface area contributed by atoms with Crippen molar-refractivity contribution in [3.05, 3.63) is 47.9 Å². The zero-order valence-electron chi connectivity index (χ0n) is 12.4. The topological polar surface area (TPSA) is 71.0 Å². The summed E-state index contributed by atoms with van der Waals surface area (Å²) < 4.78 is 0. The molecule has 3 heterocycles. The molecule has 0 saturated carbocycles. The van der Waals surface area contributed by atoms with Gasteiger partial charge in [0, 0.05) is 19.3 Å². The molecule has 0 radical (unpaired) electrons. The molecular weight excluding hydrogens is 278 g/mol. The van der Waals surface area contributed by atoms with Crippen molar-refractivity contribution in [3.63, 3.8) is 0 Å². The zero-order chi connectivity index (χ0) is 15.2. The maximum atomic E-state index is 12.1. The third kappa shape index (κ3) is 3.58. The number of carbonyl (C=O) groups excluding carboxylic acids is 1. The number of carbonyl (C=O) groups is 1. The predicted molar refractivity (Wildman–Crippen MR) is 83.5 cm³/mol. The Kier molecular flexibility index (Phi) is 4.58. The maximum Gasteiger partial charge on any atom is 0.272 e. The smallest absolute Gasteiger partial charge is 0.272 e. The van der Waals surface area contributed by atoms with E-state index >= 15 is 0 Å². The number of hydrogen-bond acceptors (Lipinski definition) is 5. The fourth-order valence-electron chi connectivity index (χ4n) is 2.50. The van der Waals surface area contributed by atoms with Gasteiger partial charge in [-0.05, 0) is 43.5 Å². The fourth-order valence-corrected chi connectivity index (χ4v) is 2.50. The van der Waals surface area contributed by atoms with Gasteiger partial charge in [-0.1, -0.05) is 6.07 Å². The number of amides is 1. The largest absolute Gasteiger partial charge is 0.355 e. The van der Waals surface area contributed by atoms with Crippen molar-refractivity contribution in [3.8, 4) is 0 Å². The monoisotopic (exact) mass is 297 g/mol. The summed E-state index contributed by atoms with van der Waals surface area (Å²) in [6.07, 6.45) is 5.36. The first-order valence-electron chi connectivity index (χ1n) is 7.60. The van der Waals surface area contributed by atoms with Crippen molar-refractivity contribution in [2.24, 2.45) is 0 Å². The van der Waals surface area contributed by atoms with Crippen LogP contribution in [0, 0.1) is 0 Å². The molecule has 1 saturated heterocycles. The molecule has 0 spiro atoms. The summed E-state index contributed by atoms with van der Waals surface area (Å²) in [5.41, 5.74) is 1.14. The Morgan fingerprint density at radius 3 is 2.64 bits per heavy atom. The first-order valence-corrected chi connectivity index (χ1v) is 7.60. The summed E-state index contributed by atoms with van der Waals surface area (Å²) in [6, 6.07) is 9.20. The minimum atomic E-state index is -0.233. The van der Waals surface area contributed by atoms with Crippen LogP contribution in [0.2, 0.25) is 0 Å². The molecule has 114 valence electrons. The summed E-state index contributed by atoms with van der Waals surface area (Å²) in [7, 11) is 0. The normalized spacial score (nSPS) is 14.6. The first-order chi connectivity index (χ1) is 10.8. The van der Waals surface area contributed by atoms with Crippen molar-refractivity contribution >= 4 is 11.7 Å². The zero-order valence-corrected chi connectivity index (χ0v) is 12.4. The molecule has 6 heteroatoms. The molecule has 0 atom stereocenters. The van der Waals surface area contributed by atoms with Crippen LogP contribution >= 0.6 is 0 Å². The van der Waals surface area contributed by atoms with Crippen LogP contribution in [0.3, 0.4) is 0 Å². The van der Waals surface area contributed by atoms with Crippen molar-refractivity contribution in [1.29, 1.82) is 0 Å². The molecule has 1 aliphatic rings. The summed E-state index contributed by atoms with van der Waals surface area (Å²) in [4.78, 5) is 18.4. The molecule has 3 rings (SSSR count). The van der Waals surface area contributed by atoms with E-state index in [0.717, 1.165) is 24.6 Å². The third-order valence-electron chi connectivity index (χ3n) is 3.72. The van der Waals surface area contributed by atoms with Gasteiger partial charge in [-0.15, -0.1) is 10.2 Å². The van der Waals surface area contributed by atoms with Gasteiger partial charge in [0.1, 0.15) is 0 Å². The van der Waals surface area contributed by atoms with Gasteiger partial charge in [0.2, 0.25) is 0 Å². The highest BCUT2D eigenvalue weighted by atomic mass is 16.1. The molecule has 2 aromatic rings. The summed E-state index contributed by atoms with van der Waals surface area (Å²) in [5, 5.41) is 11.0. The van der Waals surface area contributed by atoms with Crippen LogP contribution < -0.4 is 10.2 Å². The van der Waals surface area contributed by atoms with E-state index in [-0.39, 0.29) is 5.91 Å². The van der Waals surface area contributed by atoms with E-state index in [0.29, 0.717) is 12.2 Å². The summed E-state index contributed by atoms with van der Waals surface area (Å²) >= 11 is 0. The predicted octanol–water partition coefficient (Wildman–Crippen LogP) is 1.79. The third-order valence-corrected chi connectivity index (χ3v) is 3.72. The number of aromatic nitrogens is 3. The van der Waals surface area contributed by atoms with E-state index in [2.05, 4.69) is 25.4 Å². The molecule has 0 aliphatic carbocycles. The Bertz CT molecular complexity index is 608. The molecule has 2 aromatic heterocycles. The fraction of sp³-hybridized carbons (Fsp3) is 0.375. The van der Waals surface area contributed by atoms with Gasteiger partial charge in [-0.3, -0.25) is 9.78 Å². The quantitative estimate of drug-likeness (QED) is 0.931. The van der Waals surface area contributed by atoms with Gasteiger partial charge >= 0.3 is 0 Å². The Labute approximate surface area is 129 Å². The van der Waals surface area contributed by atoms with E-state index in [1.54, 1.807) is 12.3 Å². The van der Waals surface area contributed by atoms with E-state index < -0.39 is 0 Å². The summed E-state index contributed by atoms with van der Waals surface area (Å²) in [5.74, 6) is 0.615. The van der Waals surface area contributed by atoms with Gasteiger partial charge in [0.05, 0.1) is 12.2 Å². The number of hydrogen-bond donors (Lipinski definition) is 1. The number of piperidine rings is 1. The lowest BCUT2D eigenvalue weighted by atomic mass is 10.1. The van der Waals surface area contributed by atoms with E-state index in [4.69, 9.17) is 0 Å². The standard InChI is InChI=1S/C16H19N5O/c22-16(18-12-13-6-2-3-9-17-13)14-7-8-15(20-19-14)21-10-4-1-5-11-21/h2-3,6-9H,1,4-5,10-12H2,(H,18,22). The molecule has 1 fully saturated rings. The highest BCUT2D eigenvalue weighted by molar-refractivity contribution is 5.92. The number of rotatable bonds is 4. The van der Waals surface area contributed by atoms with Crippen molar-refractivity contribution < 1.29 is 4.79 Å². The van der Waals surface area contributed by atoms with Crippen LogP contribution in [0.4, 0.5) is 5.82 Å². The summed E-state index contributed by atoms with van der Waals surface area (Å²) in [6.45, 7) is 2.41. The average Bonchev–Trinajstić information content (AvgIpc) is 2.61. The lowest BCUT2D eigenvalue weighted by molar-refractivity contribution is 0.0944. The van der Waals surface area contributed by atoms with Gasteiger partial charge in [0.25, 0.3) is 5.91 Å². The molecule has 1 N–H and O–H groups in total. The highest BCUT2D eigenvalue weighted by Crippen LogP contribution is 2.16. The average molecular weight is 297 g/mol. The maximum absolute atomic E-state index is 12.1. The van der Waals surface area contributed by atoms with Gasteiger partial charge < -0.3 is 10.2 Å². The molecule has 0 aromatic carbocycles. The second kappa shape index (κ2) is 6.98. The van der Waals surface area contributed by atoms with E-state index in [1.807, 2.05) is 24.3 Å². The second-order valence-corrected chi connectivity index (χ2v) is 5.33. The van der Waals surface area contributed by atoms with E-state index in [1.165, 1.54) is 19.3 Å². The lowest BCUT2D eigenvalue weighted by Crippen LogP contribution is -2.31. The van der Waals surface area contributed by atoms with Crippen LogP contribution in [-0.4, -0.2) is 34.2 Å². The molecular formula is C16H19N5O. The Morgan fingerprint density at radius 1 is 1.09 bits per heavy atom. The molecule has 6 nitrogen and oxygen atoms in total. The highest BCUT2D eigenvalue weighted by Gasteiger charge is 2.14. The number of pyridine rings is 1. The lowest BCUT2D eigenvalue weighted by Gasteiger charge is -2.27. The van der Waals surface area contributed by atoms with Crippen LogP contribution in [0.15, 0.2) is 36.5 Å². The SMILES string of the molecule is O=C(NCc1ccccn1)c1ccc(N2CCCCC2)nn1. The van der Waals surface area contributed by atoms with Crippen molar-refractivity contribution in [1.82, 2.24) is 20.5 Å². The van der Waals surface area contributed by atoms with Gasteiger partial charge in [-0.25, -0.2) is 0 Å². The van der Waals surface area contributed by atoms with Crippen molar-refractivity contribution in [2.75, 3.05) is 18.0 Å². The van der Waals surface area contributed by atoms with Crippen LogP contribution in [0.5, 0.6) is 0 Å². The van der Waals surface area contributed by atoms with Gasteiger partial charge in [0.15, 0.2) is 11.5 Å². The molecule has 1 aliphatic heterocycles. The van der Waals surface area contributed by atoms with Crippen LogP contribution in [-0.2, 0) is 6.54 Å². The molecule has 0 unspecified atom stereocenters. The molecule has 22 heavy (non-hydrogen) atoms. The Balaban J connectivity index is 1.58. The molecule has 1 amide bonds. The van der Waals surface area contributed by atoms with Crippen LogP contribution in [0.25, 0.3) is 0 Å². The van der Waals surface area contributed by atoms with Crippen molar-refractivity contribution in [2.45, 2.75) is 25.8 Å². The Hall–Kier alpha value is -2.50. The van der Waals surface area contributed by atoms with Gasteiger partial charge in [-0.2, -0.15) is 0 Å². The van der Waals surface area contributed by atoms with Crippen LogP contribution in [0.1, 0.15) is 35.4 Å². The minimum absolute atomic E-state index is 0.233. The van der Waals surface area contributed by atoms with E-state index in [9.17, 15) is 4.79 Å². The Morgan fingerprint density at radius 2 is 1.95 bits per heavy atom. The second-order valence-electron chi connectivity index (χ2n) is 5.33.